The number of hydrogen-bond acceptors (Lipinski definition) is 5. The third-order valence-corrected chi connectivity index (χ3v) is 3.61. The molecule has 1 aromatic heterocycles. The average Bonchev–Trinajstić information content (AvgIpc) is 2.99. The topological polar surface area (TPSA) is 71.8 Å². The summed E-state index contributed by atoms with van der Waals surface area (Å²) < 4.78 is 38.1. The summed E-state index contributed by atoms with van der Waals surface area (Å²) in [6.45, 7) is 0. The van der Waals surface area contributed by atoms with Crippen molar-refractivity contribution in [3.8, 4) is 11.1 Å². The van der Waals surface area contributed by atoms with Gasteiger partial charge in [-0.05, 0) is 28.8 Å². The van der Waals surface area contributed by atoms with Gasteiger partial charge in [-0.3, -0.25) is 9.78 Å². The molecule has 0 saturated carbocycles. The number of rotatable bonds is 3. The standard InChI is InChI=1S/C16H11F3N2O3/c17-16(18,19)15(23)8-14(21-24-15)11-3-1-10(2-4-11)12-5-6-20-13(7-12)9-22/h1-7,9,23H,8H2. The summed E-state index contributed by atoms with van der Waals surface area (Å²) in [6.07, 6.45) is -3.59. The van der Waals surface area contributed by atoms with Gasteiger partial charge in [0.15, 0.2) is 6.29 Å². The van der Waals surface area contributed by atoms with Crippen LogP contribution in [0.2, 0.25) is 0 Å². The predicted octanol–water partition coefficient (Wildman–Crippen LogP) is 2.94. The van der Waals surface area contributed by atoms with Crippen LogP contribution in [0.1, 0.15) is 22.5 Å². The third-order valence-electron chi connectivity index (χ3n) is 3.61. The van der Waals surface area contributed by atoms with Gasteiger partial charge in [0.25, 0.3) is 0 Å². The molecule has 0 aliphatic carbocycles. The van der Waals surface area contributed by atoms with E-state index in [-0.39, 0.29) is 11.4 Å². The van der Waals surface area contributed by atoms with Crippen LogP contribution in [0.15, 0.2) is 47.8 Å². The van der Waals surface area contributed by atoms with Gasteiger partial charge in [0.2, 0.25) is 0 Å². The maximum absolute atomic E-state index is 12.7. The minimum absolute atomic E-state index is 0.00434. The van der Waals surface area contributed by atoms with Gasteiger partial charge in [-0.25, -0.2) is 0 Å². The molecule has 5 nitrogen and oxygen atoms in total. The predicted molar refractivity (Wildman–Crippen MR) is 78.3 cm³/mol. The summed E-state index contributed by atoms with van der Waals surface area (Å²) in [5, 5.41) is 12.8. The van der Waals surface area contributed by atoms with E-state index in [1.807, 2.05) is 0 Å². The number of pyridine rings is 1. The highest BCUT2D eigenvalue weighted by Gasteiger charge is 2.60. The fourth-order valence-electron chi connectivity index (χ4n) is 2.28. The van der Waals surface area contributed by atoms with Gasteiger partial charge in [0, 0.05) is 6.20 Å². The molecule has 0 radical (unpaired) electrons. The Labute approximate surface area is 134 Å². The van der Waals surface area contributed by atoms with E-state index in [2.05, 4.69) is 15.0 Å². The summed E-state index contributed by atoms with van der Waals surface area (Å²) in [4.78, 5) is 18.8. The van der Waals surface area contributed by atoms with E-state index in [1.165, 1.54) is 6.20 Å². The lowest BCUT2D eigenvalue weighted by atomic mass is 9.99. The molecular weight excluding hydrogens is 325 g/mol. The van der Waals surface area contributed by atoms with Crippen LogP contribution in [0.4, 0.5) is 13.2 Å². The Kier molecular flexibility index (Phi) is 3.84. The zero-order chi connectivity index (χ0) is 17.4. The lowest BCUT2D eigenvalue weighted by Crippen LogP contribution is -2.45. The molecule has 1 aromatic carbocycles. The SMILES string of the molecule is O=Cc1cc(-c2ccc(C3=NOC(O)(C(F)(F)F)C3)cc2)ccn1. The monoisotopic (exact) mass is 336 g/mol. The van der Waals surface area contributed by atoms with Gasteiger partial charge in [0.1, 0.15) is 5.69 Å². The van der Waals surface area contributed by atoms with Crippen LogP contribution in [0.5, 0.6) is 0 Å². The van der Waals surface area contributed by atoms with Crippen molar-refractivity contribution in [3.05, 3.63) is 53.9 Å². The Morgan fingerprint density at radius 1 is 1.12 bits per heavy atom. The van der Waals surface area contributed by atoms with Crippen molar-refractivity contribution in [1.29, 1.82) is 0 Å². The number of aromatic nitrogens is 1. The quantitative estimate of drug-likeness (QED) is 0.875. The molecule has 0 bridgehead atoms. The van der Waals surface area contributed by atoms with Crippen molar-refractivity contribution in [2.24, 2.45) is 5.16 Å². The summed E-state index contributed by atoms with van der Waals surface area (Å²) in [7, 11) is 0. The molecule has 3 rings (SSSR count). The summed E-state index contributed by atoms with van der Waals surface area (Å²) in [6, 6.07) is 9.79. The molecule has 1 aliphatic heterocycles. The first-order chi connectivity index (χ1) is 11.3. The van der Waals surface area contributed by atoms with Crippen LogP contribution < -0.4 is 0 Å². The Bertz CT molecular complexity index is 803. The molecule has 1 aliphatic rings. The molecule has 2 aromatic rings. The zero-order valence-electron chi connectivity index (χ0n) is 12.1. The van der Waals surface area contributed by atoms with E-state index in [0.29, 0.717) is 11.8 Å². The summed E-state index contributed by atoms with van der Waals surface area (Å²) in [5.41, 5.74) is 2.19. The van der Waals surface area contributed by atoms with Crippen molar-refractivity contribution in [2.75, 3.05) is 0 Å². The molecule has 1 N–H and O–H groups in total. The largest absolute Gasteiger partial charge is 0.458 e. The Morgan fingerprint density at radius 2 is 1.79 bits per heavy atom. The zero-order valence-corrected chi connectivity index (χ0v) is 12.1. The normalized spacial score (nSPS) is 20.4. The number of halogens is 3. The molecule has 0 saturated heterocycles. The highest BCUT2D eigenvalue weighted by atomic mass is 19.4. The van der Waals surface area contributed by atoms with E-state index in [4.69, 9.17) is 0 Å². The first-order valence-corrected chi connectivity index (χ1v) is 6.88. The maximum atomic E-state index is 12.7. The van der Waals surface area contributed by atoms with E-state index in [9.17, 15) is 23.1 Å². The Morgan fingerprint density at radius 3 is 2.38 bits per heavy atom. The molecule has 24 heavy (non-hydrogen) atoms. The van der Waals surface area contributed by atoms with Gasteiger partial charge in [-0.15, -0.1) is 0 Å². The number of aliphatic hydroxyl groups is 1. The fraction of sp³-hybridized carbons (Fsp3) is 0.188. The van der Waals surface area contributed by atoms with Crippen molar-refractivity contribution in [3.63, 3.8) is 0 Å². The number of carbonyl (C=O) groups excluding carboxylic acids is 1. The number of carbonyl (C=O) groups is 1. The smallest absolute Gasteiger partial charge is 0.350 e. The van der Waals surface area contributed by atoms with Crippen molar-refractivity contribution < 1.29 is 27.9 Å². The number of oxime groups is 1. The molecule has 0 amide bonds. The molecular formula is C16H11F3N2O3. The molecule has 0 fully saturated rings. The van der Waals surface area contributed by atoms with Crippen LogP contribution in [0.25, 0.3) is 11.1 Å². The van der Waals surface area contributed by atoms with E-state index in [1.54, 1.807) is 36.4 Å². The van der Waals surface area contributed by atoms with Crippen LogP contribution in [0, 0.1) is 0 Å². The summed E-state index contributed by atoms with van der Waals surface area (Å²) in [5.74, 6) is -3.29. The lowest BCUT2D eigenvalue weighted by Gasteiger charge is -2.22. The van der Waals surface area contributed by atoms with Crippen LogP contribution in [-0.4, -0.2) is 34.1 Å². The highest BCUT2D eigenvalue weighted by molar-refractivity contribution is 6.01. The fourth-order valence-corrected chi connectivity index (χ4v) is 2.28. The number of hydrogen-bond donors (Lipinski definition) is 1. The van der Waals surface area contributed by atoms with Gasteiger partial charge in [0.05, 0.1) is 12.1 Å². The number of aldehydes is 1. The van der Waals surface area contributed by atoms with Gasteiger partial charge in [-0.2, -0.15) is 13.2 Å². The van der Waals surface area contributed by atoms with Gasteiger partial charge < -0.3 is 9.94 Å². The maximum Gasteiger partial charge on any atom is 0.458 e. The Balaban J connectivity index is 1.82. The highest BCUT2D eigenvalue weighted by Crippen LogP contribution is 2.39. The van der Waals surface area contributed by atoms with Crippen LogP contribution in [-0.2, 0) is 4.84 Å². The molecule has 1 unspecified atom stereocenters. The minimum atomic E-state index is -4.93. The number of benzene rings is 1. The minimum Gasteiger partial charge on any atom is -0.350 e. The second kappa shape index (κ2) is 5.72. The first kappa shape index (κ1) is 16.1. The number of nitrogens with zero attached hydrogens (tertiary/aromatic N) is 2. The lowest BCUT2D eigenvalue weighted by molar-refractivity contribution is -0.355. The van der Waals surface area contributed by atoms with Gasteiger partial charge >= 0.3 is 12.0 Å². The summed E-state index contributed by atoms with van der Waals surface area (Å²) >= 11 is 0. The molecule has 8 heteroatoms. The van der Waals surface area contributed by atoms with E-state index < -0.39 is 18.4 Å². The molecule has 124 valence electrons. The first-order valence-electron chi connectivity index (χ1n) is 6.88. The second-order valence-corrected chi connectivity index (χ2v) is 5.25. The Hall–Kier alpha value is -2.74. The average molecular weight is 336 g/mol. The van der Waals surface area contributed by atoms with Gasteiger partial charge in [-0.1, -0.05) is 29.4 Å². The van der Waals surface area contributed by atoms with Crippen molar-refractivity contribution in [2.45, 2.75) is 18.4 Å². The molecule has 0 spiro atoms. The molecule has 1 atom stereocenters. The van der Waals surface area contributed by atoms with E-state index in [0.717, 1.165) is 11.1 Å². The second-order valence-electron chi connectivity index (χ2n) is 5.25. The van der Waals surface area contributed by atoms with Crippen LogP contribution >= 0.6 is 0 Å². The van der Waals surface area contributed by atoms with Crippen molar-refractivity contribution >= 4 is 12.0 Å². The molecule has 2 heterocycles. The van der Waals surface area contributed by atoms with Crippen molar-refractivity contribution in [1.82, 2.24) is 4.98 Å². The van der Waals surface area contributed by atoms with E-state index >= 15 is 0 Å². The third kappa shape index (κ3) is 2.88. The number of alkyl halides is 3. The van der Waals surface area contributed by atoms with Crippen LogP contribution in [0.3, 0.4) is 0 Å².